The highest BCUT2D eigenvalue weighted by atomic mass is 19.1. The van der Waals surface area contributed by atoms with Crippen molar-refractivity contribution >= 4 is 35.0 Å². The molecule has 11 heteroatoms. The molecule has 0 fully saturated rings. The lowest BCUT2D eigenvalue weighted by atomic mass is 10.2. The van der Waals surface area contributed by atoms with Gasteiger partial charge in [-0.15, -0.1) is 0 Å². The fraction of sp³-hybridized carbons (Fsp3) is 0.130. The van der Waals surface area contributed by atoms with Crippen molar-refractivity contribution in [3.05, 3.63) is 72.4 Å². The number of amides is 4. The molecule has 176 valence electrons. The van der Waals surface area contributed by atoms with Crippen LogP contribution in [-0.2, 0) is 9.59 Å². The summed E-state index contributed by atoms with van der Waals surface area (Å²) in [7, 11) is 3.16. The Morgan fingerprint density at radius 1 is 0.882 bits per heavy atom. The molecule has 4 amide bonds. The maximum Gasteiger partial charge on any atom is 0.322 e. The Balaban J connectivity index is 1.57. The van der Waals surface area contributed by atoms with E-state index in [0.29, 0.717) is 11.4 Å². The Labute approximate surface area is 193 Å². The number of nitrogens with zero attached hydrogens (tertiary/aromatic N) is 2. The Bertz CT molecular complexity index is 1200. The molecule has 0 radical (unpaired) electrons. The minimum atomic E-state index is -0.778. The summed E-state index contributed by atoms with van der Waals surface area (Å²) in [6.07, 6.45) is 0.857. The van der Waals surface area contributed by atoms with Gasteiger partial charge in [-0.05, 0) is 42.5 Å². The average Bonchev–Trinajstić information content (AvgIpc) is 2.77. The van der Waals surface area contributed by atoms with Crippen LogP contribution in [0.25, 0.3) is 0 Å². The Morgan fingerprint density at radius 3 is 2.24 bits per heavy atom. The summed E-state index contributed by atoms with van der Waals surface area (Å²) in [4.78, 5) is 41.1. The zero-order valence-corrected chi connectivity index (χ0v) is 18.3. The summed E-state index contributed by atoms with van der Waals surface area (Å²) in [5.74, 6) is -1.92. The smallest absolute Gasteiger partial charge is 0.322 e. The van der Waals surface area contributed by atoms with Crippen molar-refractivity contribution in [2.75, 3.05) is 30.0 Å². The van der Waals surface area contributed by atoms with E-state index in [2.05, 4.69) is 20.9 Å². The number of pyridine rings is 1. The molecule has 3 rings (SSSR count). The maximum atomic E-state index is 14.5. The van der Waals surface area contributed by atoms with E-state index in [1.807, 2.05) is 0 Å². The minimum Gasteiger partial charge on any atom is -0.457 e. The van der Waals surface area contributed by atoms with E-state index in [4.69, 9.17) is 4.74 Å². The van der Waals surface area contributed by atoms with E-state index < -0.39 is 29.9 Å². The number of anilines is 3. The van der Waals surface area contributed by atoms with E-state index in [-0.39, 0.29) is 23.3 Å². The van der Waals surface area contributed by atoms with E-state index in [9.17, 15) is 23.2 Å². The normalized spacial score (nSPS) is 10.2. The van der Waals surface area contributed by atoms with Gasteiger partial charge in [0, 0.05) is 38.1 Å². The van der Waals surface area contributed by atoms with Crippen molar-refractivity contribution < 1.29 is 27.9 Å². The summed E-state index contributed by atoms with van der Waals surface area (Å²) in [5, 5.41) is 7.33. The largest absolute Gasteiger partial charge is 0.457 e. The zero-order valence-electron chi connectivity index (χ0n) is 18.3. The molecule has 0 saturated carbocycles. The third kappa shape index (κ3) is 6.99. The van der Waals surface area contributed by atoms with Crippen LogP contribution in [0.3, 0.4) is 0 Å². The van der Waals surface area contributed by atoms with Crippen molar-refractivity contribution in [2.24, 2.45) is 0 Å². The highest BCUT2D eigenvalue weighted by Crippen LogP contribution is 2.26. The Morgan fingerprint density at radius 2 is 1.56 bits per heavy atom. The lowest BCUT2D eigenvalue weighted by Crippen LogP contribution is -2.27. The standard InChI is InChI=1S/C23H21F2N5O4/c1-30(2)23(33)29-20-12-17(9-10-26-20)34-16-7-8-19(18(25)11-16)28-22(32)13-21(31)27-15-5-3-14(24)4-6-15/h3-12H,13H2,1-2H3,(H,27,31)(H,28,32)(H,26,29,33). The first kappa shape index (κ1) is 24.1. The van der Waals surface area contributed by atoms with Crippen LogP contribution in [0.5, 0.6) is 11.5 Å². The van der Waals surface area contributed by atoms with Gasteiger partial charge in [0.2, 0.25) is 11.8 Å². The van der Waals surface area contributed by atoms with Gasteiger partial charge in [-0.2, -0.15) is 0 Å². The number of aromatic nitrogens is 1. The molecule has 0 spiro atoms. The summed E-state index contributed by atoms with van der Waals surface area (Å²) in [5.41, 5.74) is 0.188. The molecule has 0 saturated heterocycles. The predicted octanol–water partition coefficient (Wildman–Crippen LogP) is 4.21. The molecular formula is C23H21F2N5O4. The molecule has 0 aliphatic carbocycles. The molecule has 1 aromatic heterocycles. The van der Waals surface area contributed by atoms with Gasteiger partial charge in [-0.25, -0.2) is 18.6 Å². The highest BCUT2D eigenvalue weighted by molar-refractivity contribution is 6.08. The number of ether oxygens (including phenoxy) is 1. The fourth-order valence-corrected chi connectivity index (χ4v) is 2.64. The fourth-order valence-electron chi connectivity index (χ4n) is 2.64. The number of benzene rings is 2. The predicted molar refractivity (Wildman–Crippen MR) is 122 cm³/mol. The molecule has 3 N–H and O–H groups in total. The van der Waals surface area contributed by atoms with Crippen molar-refractivity contribution in [2.45, 2.75) is 6.42 Å². The van der Waals surface area contributed by atoms with Gasteiger partial charge in [0.15, 0.2) is 0 Å². The number of urea groups is 1. The number of rotatable bonds is 7. The number of nitrogens with one attached hydrogen (secondary N) is 3. The SMILES string of the molecule is CN(C)C(=O)Nc1cc(Oc2ccc(NC(=O)CC(=O)Nc3ccc(F)cc3)c(F)c2)ccn1. The second-order valence-electron chi connectivity index (χ2n) is 7.23. The molecule has 0 unspecified atom stereocenters. The average molecular weight is 469 g/mol. The molecule has 9 nitrogen and oxygen atoms in total. The summed E-state index contributed by atoms with van der Waals surface area (Å²) in [6, 6.07) is 11.4. The van der Waals surface area contributed by atoms with Crippen molar-refractivity contribution in [1.82, 2.24) is 9.88 Å². The monoisotopic (exact) mass is 469 g/mol. The molecule has 0 atom stereocenters. The Kier molecular flexibility index (Phi) is 7.70. The molecular weight excluding hydrogens is 448 g/mol. The van der Waals surface area contributed by atoms with Crippen LogP contribution in [-0.4, -0.2) is 41.8 Å². The van der Waals surface area contributed by atoms with Gasteiger partial charge in [0.25, 0.3) is 0 Å². The van der Waals surface area contributed by atoms with Crippen LogP contribution in [0.4, 0.5) is 30.8 Å². The van der Waals surface area contributed by atoms with Crippen LogP contribution in [0, 0.1) is 11.6 Å². The first-order chi connectivity index (χ1) is 16.2. The van der Waals surface area contributed by atoms with E-state index >= 15 is 0 Å². The van der Waals surface area contributed by atoms with Gasteiger partial charge >= 0.3 is 6.03 Å². The molecule has 3 aromatic rings. The zero-order chi connectivity index (χ0) is 24.7. The van der Waals surface area contributed by atoms with Crippen LogP contribution < -0.4 is 20.7 Å². The van der Waals surface area contributed by atoms with Crippen LogP contribution in [0.15, 0.2) is 60.8 Å². The van der Waals surface area contributed by atoms with Crippen LogP contribution >= 0.6 is 0 Å². The summed E-state index contributed by atoms with van der Waals surface area (Å²) < 4.78 is 33.0. The van der Waals surface area contributed by atoms with Gasteiger partial charge < -0.3 is 20.3 Å². The van der Waals surface area contributed by atoms with Gasteiger partial charge in [-0.1, -0.05) is 0 Å². The van der Waals surface area contributed by atoms with Crippen molar-refractivity contribution in [3.63, 3.8) is 0 Å². The molecule has 34 heavy (non-hydrogen) atoms. The first-order valence-electron chi connectivity index (χ1n) is 9.96. The van der Waals surface area contributed by atoms with Crippen LogP contribution in [0.1, 0.15) is 6.42 Å². The lowest BCUT2D eigenvalue weighted by Gasteiger charge is -2.12. The first-order valence-corrected chi connectivity index (χ1v) is 9.96. The van der Waals surface area contributed by atoms with E-state index in [1.54, 1.807) is 14.1 Å². The molecule has 1 heterocycles. The topological polar surface area (TPSA) is 113 Å². The Hall–Kier alpha value is -4.54. The van der Waals surface area contributed by atoms with E-state index in [1.165, 1.54) is 59.6 Å². The number of carbonyl (C=O) groups excluding carboxylic acids is 3. The van der Waals surface area contributed by atoms with Crippen molar-refractivity contribution in [1.29, 1.82) is 0 Å². The summed E-state index contributed by atoms with van der Waals surface area (Å²) >= 11 is 0. The van der Waals surface area contributed by atoms with Crippen molar-refractivity contribution in [3.8, 4) is 11.5 Å². The maximum absolute atomic E-state index is 14.5. The summed E-state index contributed by atoms with van der Waals surface area (Å²) in [6.45, 7) is 0. The third-order valence-electron chi connectivity index (χ3n) is 4.27. The molecule has 2 aromatic carbocycles. The third-order valence-corrected chi connectivity index (χ3v) is 4.27. The quantitative estimate of drug-likeness (QED) is 0.449. The van der Waals surface area contributed by atoms with Gasteiger partial charge in [0.05, 0.1) is 5.69 Å². The minimum absolute atomic E-state index is 0.138. The second kappa shape index (κ2) is 10.9. The number of carbonyl (C=O) groups is 3. The molecule has 0 aliphatic heterocycles. The van der Waals surface area contributed by atoms with Gasteiger partial charge in [-0.3, -0.25) is 14.9 Å². The number of halogens is 2. The second-order valence-corrected chi connectivity index (χ2v) is 7.23. The van der Waals surface area contributed by atoms with E-state index in [0.717, 1.165) is 6.07 Å². The highest BCUT2D eigenvalue weighted by Gasteiger charge is 2.13. The lowest BCUT2D eigenvalue weighted by molar-refractivity contribution is -0.123. The van der Waals surface area contributed by atoms with Gasteiger partial charge in [0.1, 0.15) is 35.4 Å². The number of hydrogen-bond acceptors (Lipinski definition) is 5. The number of hydrogen-bond donors (Lipinski definition) is 3. The van der Waals surface area contributed by atoms with Crippen LogP contribution in [0.2, 0.25) is 0 Å². The molecule has 0 bridgehead atoms. The molecule has 0 aliphatic rings.